The van der Waals surface area contributed by atoms with Gasteiger partial charge < -0.3 is 24.8 Å². The summed E-state index contributed by atoms with van der Waals surface area (Å²) in [4.78, 5) is 51.9. The third kappa shape index (κ3) is 2.92. The number of ether oxygens (including phenoxy) is 2. The van der Waals surface area contributed by atoms with Crippen LogP contribution in [-0.2, 0) is 14.4 Å². The number of aryl methyl sites for hydroxylation is 1. The van der Waals surface area contributed by atoms with Gasteiger partial charge in [-0.05, 0) is 45.4 Å². The molecule has 10 heteroatoms. The number of carboxylic acid groups (broad SMARTS) is 1. The average molecular weight is 436 g/mol. The number of carbonyl (C=O) groups is 4. The lowest BCUT2D eigenvalue weighted by Crippen LogP contribution is -2.82. The first kappa shape index (κ1) is 21.9. The number of fused-ring (bicyclic) bond motifs is 1. The van der Waals surface area contributed by atoms with Gasteiger partial charge in [-0.1, -0.05) is 0 Å². The molecule has 2 heterocycles. The third-order valence-electron chi connectivity index (χ3n) is 5.52. The quantitative estimate of drug-likeness (QED) is 0.504. The van der Waals surface area contributed by atoms with E-state index in [9.17, 15) is 24.3 Å². The highest BCUT2D eigenvalue weighted by Crippen LogP contribution is 2.55. The highest BCUT2D eigenvalue weighted by atomic mass is 32.2. The Hall–Kier alpha value is -2.75. The molecule has 1 unspecified atom stereocenters. The number of hydrogen-bond acceptors (Lipinski definition) is 7. The Morgan fingerprint density at radius 2 is 1.70 bits per heavy atom. The predicted molar refractivity (Wildman–Crippen MR) is 109 cm³/mol. The van der Waals surface area contributed by atoms with Crippen molar-refractivity contribution in [1.82, 2.24) is 10.2 Å². The zero-order valence-electron chi connectivity index (χ0n) is 17.6. The van der Waals surface area contributed by atoms with Crippen molar-refractivity contribution in [2.24, 2.45) is 0 Å². The van der Waals surface area contributed by atoms with Gasteiger partial charge in [-0.15, -0.1) is 11.8 Å². The van der Waals surface area contributed by atoms with Gasteiger partial charge in [-0.2, -0.15) is 0 Å². The fourth-order valence-corrected chi connectivity index (χ4v) is 5.85. The average Bonchev–Trinajstić information content (AvgIpc) is 2.93. The Morgan fingerprint density at radius 1 is 1.17 bits per heavy atom. The molecule has 0 aliphatic carbocycles. The van der Waals surface area contributed by atoms with Gasteiger partial charge >= 0.3 is 5.97 Å². The van der Waals surface area contributed by atoms with E-state index in [1.165, 1.54) is 32.9 Å². The number of nitrogens with one attached hydrogen (secondary N) is 1. The first-order valence-electron chi connectivity index (χ1n) is 9.22. The number of amides is 2. The summed E-state index contributed by atoms with van der Waals surface area (Å²) in [6.45, 7) is 6.41. The molecule has 162 valence electrons. The van der Waals surface area contributed by atoms with E-state index in [-0.39, 0.29) is 17.1 Å². The van der Waals surface area contributed by atoms with Crippen molar-refractivity contribution in [2.75, 3.05) is 14.2 Å². The fourth-order valence-electron chi connectivity index (χ4n) is 4.10. The summed E-state index contributed by atoms with van der Waals surface area (Å²) < 4.78 is 9.78. The minimum absolute atomic E-state index is 0.0505. The number of carboxylic acids is 1. The van der Waals surface area contributed by atoms with Gasteiger partial charge in [0.15, 0.2) is 5.78 Å². The molecule has 2 aliphatic rings. The Kier molecular flexibility index (Phi) is 5.26. The van der Waals surface area contributed by atoms with Crippen LogP contribution in [0.3, 0.4) is 0 Å². The van der Waals surface area contributed by atoms with Crippen LogP contribution in [-0.4, -0.2) is 69.5 Å². The van der Waals surface area contributed by atoms with Gasteiger partial charge in [-0.3, -0.25) is 14.4 Å². The molecule has 2 amide bonds. The van der Waals surface area contributed by atoms with Crippen LogP contribution in [0.4, 0.5) is 0 Å². The summed E-state index contributed by atoms with van der Waals surface area (Å²) in [5.74, 6) is -2.72. The Morgan fingerprint density at radius 3 is 2.13 bits per heavy atom. The van der Waals surface area contributed by atoms with Crippen LogP contribution >= 0.6 is 11.8 Å². The molecular weight excluding hydrogens is 412 g/mol. The monoisotopic (exact) mass is 436 g/mol. The molecule has 0 saturated carbocycles. The number of rotatable bonds is 6. The highest BCUT2D eigenvalue weighted by molar-refractivity contribution is 8.01. The van der Waals surface area contributed by atoms with Crippen molar-refractivity contribution in [2.45, 2.75) is 49.4 Å². The lowest BCUT2D eigenvalue weighted by atomic mass is 9.81. The number of thioether (sulfide) groups is 1. The molecule has 2 fully saturated rings. The lowest BCUT2D eigenvalue weighted by molar-refractivity contribution is -0.170. The summed E-state index contributed by atoms with van der Waals surface area (Å²) in [5, 5.41) is 11.4. The normalized spacial score (nSPS) is 26.5. The third-order valence-corrected chi connectivity index (χ3v) is 7.16. The van der Waals surface area contributed by atoms with Gasteiger partial charge in [0, 0.05) is 4.75 Å². The maximum atomic E-state index is 13.2. The summed E-state index contributed by atoms with van der Waals surface area (Å²) in [6.07, 6.45) is 0. The molecule has 2 N–H and O–H groups in total. The lowest BCUT2D eigenvalue weighted by Gasteiger charge is -2.51. The summed E-state index contributed by atoms with van der Waals surface area (Å²) >= 11 is 1.18. The second-order valence-corrected chi connectivity index (χ2v) is 9.62. The number of hydrogen-bond donors (Lipinski definition) is 2. The number of ketones is 1. The number of methoxy groups -OCH3 is 2. The minimum atomic E-state index is -1.86. The predicted octanol–water partition coefficient (Wildman–Crippen LogP) is 1.22. The maximum absolute atomic E-state index is 13.2. The van der Waals surface area contributed by atoms with E-state index in [4.69, 9.17) is 9.47 Å². The number of carbonyl (C=O) groups excluding carboxylic acids is 3. The van der Waals surface area contributed by atoms with Crippen molar-refractivity contribution in [3.63, 3.8) is 0 Å². The second-order valence-electron chi connectivity index (χ2n) is 7.89. The molecule has 1 aromatic rings. The van der Waals surface area contributed by atoms with E-state index in [1.54, 1.807) is 32.9 Å². The number of β-lactam (4-membered cyclic amide) rings is 1. The maximum Gasteiger partial charge on any atom is 0.327 e. The van der Waals surface area contributed by atoms with Crippen LogP contribution in [0, 0.1) is 6.92 Å². The summed E-state index contributed by atoms with van der Waals surface area (Å²) in [5.41, 5.74) is -1.01. The Labute approximate surface area is 178 Å². The molecule has 2 aliphatic heterocycles. The van der Waals surface area contributed by atoms with Crippen molar-refractivity contribution in [3.05, 3.63) is 23.3 Å². The van der Waals surface area contributed by atoms with E-state index in [0.29, 0.717) is 0 Å². The smallest absolute Gasteiger partial charge is 0.327 e. The molecule has 0 radical (unpaired) electrons. The van der Waals surface area contributed by atoms with Crippen LogP contribution in [0.5, 0.6) is 11.5 Å². The van der Waals surface area contributed by atoms with Crippen LogP contribution in [0.15, 0.2) is 12.1 Å². The van der Waals surface area contributed by atoms with E-state index in [0.717, 1.165) is 10.5 Å². The molecular formula is C20H24N2O7S. The second kappa shape index (κ2) is 7.19. The number of benzene rings is 1. The molecule has 3 atom stereocenters. The standard InChI is InChI=1S/C20H24N2O7S/c1-9-7-11(28-5)13(12(8-9)29-6)15(24)21-20(10(2)23)17(27)22-14(16(25)26)19(3,4)30-18(20)22/h7-8,14,18H,1-6H3,(H,21,24)(H,25,26)/t14-,18+,20?/m0/s1. The Bertz CT molecular complexity index is 935. The summed E-state index contributed by atoms with van der Waals surface area (Å²) in [6, 6.07) is 2.18. The van der Waals surface area contributed by atoms with Crippen LogP contribution in [0.25, 0.3) is 0 Å². The fraction of sp³-hybridized carbons (Fsp3) is 0.500. The molecule has 1 aromatic carbocycles. The highest BCUT2D eigenvalue weighted by Gasteiger charge is 2.74. The van der Waals surface area contributed by atoms with Gasteiger partial charge in [0.05, 0.1) is 14.2 Å². The van der Waals surface area contributed by atoms with E-state index >= 15 is 0 Å². The van der Waals surface area contributed by atoms with Gasteiger partial charge in [0.2, 0.25) is 5.54 Å². The van der Waals surface area contributed by atoms with Crippen LogP contribution < -0.4 is 14.8 Å². The van der Waals surface area contributed by atoms with Gasteiger partial charge in [0.1, 0.15) is 28.5 Å². The molecule has 3 rings (SSSR count). The van der Waals surface area contributed by atoms with E-state index in [2.05, 4.69) is 5.32 Å². The first-order chi connectivity index (χ1) is 13.9. The van der Waals surface area contributed by atoms with Gasteiger partial charge in [0.25, 0.3) is 11.8 Å². The van der Waals surface area contributed by atoms with Crippen molar-refractivity contribution in [1.29, 1.82) is 0 Å². The van der Waals surface area contributed by atoms with Gasteiger partial charge in [-0.25, -0.2) is 4.79 Å². The Balaban J connectivity index is 2.03. The number of aliphatic carboxylic acids is 1. The largest absolute Gasteiger partial charge is 0.496 e. The van der Waals surface area contributed by atoms with Crippen molar-refractivity contribution in [3.8, 4) is 11.5 Å². The number of nitrogens with zero attached hydrogens (tertiary/aromatic N) is 1. The zero-order chi connectivity index (χ0) is 22.6. The molecule has 9 nitrogen and oxygen atoms in total. The summed E-state index contributed by atoms with van der Waals surface area (Å²) in [7, 11) is 2.80. The van der Waals surface area contributed by atoms with E-state index in [1.807, 2.05) is 0 Å². The molecule has 0 spiro atoms. The molecule has 2 saturated heterocycles. The van der Waals surface area contributed by atoms with Crippen LogP contribution in [0.2, 0.25) is 0 Å². The topological polar surface area (TPSA) is 122 Å². The van der Waals surface area contributed by atoms with Crippen LogP contribution in [0.1, 0.15) is 36.7 Å². The minimum Gasteiger partial charge on any atom is -0.496 e. The van der Waals surface area contributed by atoms with Crippen molar-refractivity contribution < 1.29 is 33.8 Å². The SMILES string of the molecule is COc1cc(C)cc(OC)c1C(=O)NC1(C(C)=O)C(=O)N2[C@@H](C(=O)O)C(C)(C)S[C@@H]21. The van der Waals surface area contributed by atoms with E-state index < -0.39 is 45.3 Å². The molecule has 0 aromatic heterocycles. The molecule has 30 heavy (non-hydrogen) atoms. The zero-order valence-corrected chi connectivity index (χ0v) is 18.4. The number of Topliss-reactive ketones (excluding diaryl/α,β-unsaturated/α-hetero) is 1. The molecule has 0 bridgehead atoms. The van der Waals surface area contributed by atoms with Crippen molar-refractivity contribution >= 4 is 35.3 Å². The first-order valence-corrected chi connectivity index (χ1v) is 10.1.